The van der Waals surface area contributed by atoms with Gasteiger partial charge in [0.2, 0.25) is 0 Å². The number of carbonyl (C=O) groups is 1. The van der Waals surface area contributed by atoms with Crippen molar-refractivity contribution >= 4 is 12.1 Å². The zero-order valence-electron chi connectivity index (χ0n) is 18.3. The number of amides is 1. The van der Waals surface area contributed by atoms with E-state index in [4.69, 9.17) is 4.74 Å². The number of ether oxygens (including phenoxy) is 1. The molecule has 3 aromatic rings. The number of hydrogen-bond donors (Lipinski definition) is 3. The number of carbonyl (C=O) groups excluding carboxylic acids is 1. The Balaban J connectivity index is 1.25. The SMILES string of the molecule is Cc1ccc(/C=N/NC(=O)C2CC(c3ccc(OCc4ccc(C)cc4)cc3)NN2)cc1. The summed E-state index contributed by atoms with van der Waals surface area (Å²) in [5.41, 5.74) is 14.5. The van der Waals surface area contributed by atoms with Crippen molar-refractivity contribution in [3.05, 3.63) is 101 Å². The van der Waals surface area contributed by atoms with Crippen molar-refractivity contribution in [2.24, 2.45) is 5.10 Å². The summed E-state index contributed by atoms with van der Waals surface area (Å²) in [5.74, 6) is 0.654. The van der Waals surface area contributed by atoms with Gasteiger partial charge in [-0.1, -0.05) is 71.8 Å². The molecule has 1 amide bonds. The number of aryl methyl sites for hydroxylation is 2. The van der Waals surface area contributed by atoms with Crippen LogP contribution in [0.5, 0.6) is 5.75 Å². The first-order chi connectivity index (χ1) is 15.6. The fourth-order valence-electron chi connectivity index (χ4n) is 3.49. The van der Waals surface area contributed by atoms with Crippen molar-refractivity contribution in [2.45, 2.75) is 39.0 Å². The van der Waals surface area contributed by atoms with Gasteiger partial charge in [0.15, 0.2) is 0 Å². The van der Waals surface area contributed by atoms with E-state index in [0.29, 0.717) is 13.0 Å². The minimum atomic E-state index is -0.354. The predicted molar refractivity (Wildman–Crippen MR) is 126 cm³/mol. The molecule has 0 bridgehead atoms. The highest BCUT2D eigenvalue weighted by atomic mass is 16.5. The first-order valence-corrected chi connectivity index (χ1v) is 10.8. The van der Waals surface area contributed by atoms with Crippen molar-refractivity contribution < 1.29 is 9.53 Å². The lowest BCUT2D eigenvalue weighted by atomic mass is 10.0. The van der Waals surface area contributed by atoms with Crippen LogP contribution < -0.4 is 21.0 Å². The molecule has 4 rings (SSSR count). The lowest BCUT2D eigenvalue weighted by molar-refractivity contribution is -0.122. The topological polar surface area (TPSA) is 74.8 Å². The Morgan fingerprint density at radius 2 is 1.62 bits per heavy atom. The Hall–Kier alpha value is -3.48. The van der Waals surface area contributed by atoms with E-state index in [-0.39, 0.29) is 18.0 Å². The third kappa shape index (κ3) is 5.81. The lowest BCUT2D eigenvalue weighted by Crippen LogP contribution is -2.41. The molecule has 6 heteroatoms. The number of nitrogens with one attached hydrogen (secondary N) is 3. The monoisotopic (exact) mass is 428 g/mol. The van der Waals surface area contributed by atoms with Gasteiger partial charge in [-0.05, 0) is 49.1 Å². The fourth-order valence-corrected chi connectivity index (χ4v) is 3.49. The lowest BCUT2D eigenvalue weighted by Gasteiger charge is -2.11. The van der Waals surface area contributed by atoms with Crippen LogP contribution >= 0.6 is 0 Å². The zero-order chi connectivity index (χ0) is 22.3. The maximum absolute atomic E-state index is 12.4. The second-order valence-corrected chi connectivity index (χ2v) is 8.12. The van der Waals surface area contributed by atoms with Crippen LogP contribution in [0.2, 0.25) is 0 Å². The fraction of sp³-hybridized carbons (Fsp3) is 0.231. The Bertz CT molecular complexity index is 1060. The molecule has 1 fully saturated rings. The van der Waals surface area contributed by atoms with Gasteiger partial charge in [-0.3, -0.25) is 4.79 Å². The first kappa shape index (κ1) is 21.7. The van der Waals surface area contributed by atoms with Crippen molar-refractivity contribution in [3.63, 3.8) is 0 Å². The van der Waals surface area contributed by atoms with Crippen molar-refractivity contribution in [1.82, 2.24) is 16.3 Å². The van der Waals surface area contributed by atoms with Gasteiger partial charge in [0.05, 0.1) is 6.21 Å². The number of nitrogens with zero attached hydrogens (tertiary/aromatic N) is 1. The molecule has 1 aliphatic heterocycles. The molecule has 0 aromatic heterocycles. The number of hydrogen-bond acceptors (Lipinski definition) is 5. The molecule has 3 aromatic carbocycles. The molecule has 1 saturated heterocycles. The Labute approximate surface area is 188 Å². The molecule has 32 heavy (non-hydrogen) atoms. The number of hydrazine groups is 1. The minimum absolute atomic E-state index is 0.0398. The van der Waals surface area contributed by atoms with Gasteiger partial charge in [0.25, 0.3) is 5.91 Å². The maximum atomic E-state index is 12.4. The zero-order valence-corrected chi connectivity index (χ0v) is 18.3. The molecule has 3 N–H and O–H groups in total. The van der Waals surface area contributed by atoms with E-state index < -0.39 is 0 Å². The summed E-state index contributed by atoms with van der Waals surface area (Å²) in [6.07, 6.45) is 2.28. The van der Waals surface area contributed by atoms with Crippen LogP contribution in [0.3, 0.4) is 0 Å². The van der Waals surface area contributed by atoms with Crippen molar-refractivity contribution in [2.75, 3.05) is 0 Å². The summed E-state index contributed by atoms with van der Waals surface area (Å²) in [4.78, 5) is 12.4. The first-order valence-electron chi connectivity index (χ1n) is 10.8. The molecule has 2 unspecified atom stereocenters. The highest BCUT2D eigenvalue weighted by Crippen LogP contribution is 2.24. The quantitative estimate of drug-likeness (QED) is 0.394. The van der Waals surface area contributed by atoms with E-state index in [1.54, 1.807) is 6.21 Å². The third-order valence-corrected chi connectivity index (χ3v) is 5.49. The van der Waals surface area contributed by atoms with Gasteiger partial charge in [-0.15, -0.1) is 0 Å². The summed E-state index contributed by atoms with van der Waals surface area (Å²) >= 11 is 0. The molecule has 1 aliphatic rings. The van der Waals surface area contributed by atoms with Crippen LogP contribution in [0.4, 0.5) is 0 Å². The number of benzene rings is 3. The second kappa shape index (κ2) is 10.2. The third-order valence-electron chi connectivity index (χ3n) is 5.49. The molecular weight excluding hydrogens is 400 g/mol. The summed E-state index contributed by atoms with van der Waals surface area (Å²) in [7, 11) is 0. The Morgan fingerprint density at radius 1 is 0.969 bits per heavy atom. The van der Waals surface area contributed by atoms with Gasteiger partial charge in [-0.2, -0.15) is 5.10 Å². The van der Waals surface area contributed by atoms with E-state index in [1.807, 2.05) is 55.5 Å². The highest BCUT2D eigenvalue weighted by Gasteiger charge is 2.30. The van der Waals surface area contributed by atoms with Gasteiger partial charge in [-0.25, -0.2) is 16.3 Å². The van der Waals surface area contributed by atoms with Gasteiger partial charge in [0, 0.05) is 6.04 Å². The van der Waals surface area contributed by atoms with Crippen LogP contribution in [-0.4, -0.2) is 18.2 Å². The van der Waals surface area contributed by atoms with Crippen LogP contribution in [-0.2, 0) is 11.4 Å². The molecular formula is C26H28N4O2. The molecule has 2 atom stereocenters. The van der Waals surface area contributed by atoms with Crippen molar-refractivity contribution in [1.29, 1.82) is 0 Å². The molecule has 6 nitrogen and oxygen atoms in total. The predicted octanol–water partition coefficient (Wildman–Crippen LogP) is 3.94. The van der Waals surface area contributed by atoms with Crippen molar-refractivity contribution in [3.8, 4) is 5.75 Å². The van der Waals surface area contributed by atoms with Gasteiger partial charge >= 0.3 is 0 Å². The van der Waals surface area contributed by atoms with Crippen LogP contribution in [0, 0.1) is 13.8 Å². The molecule has 0 radical (unpaired) electrons. The molecule has 0 saturated carbocycles. The average Bonchev–Trinajstić information content (AvgIpc) is 3.31. The van der Waals surface area contributed by atoms with Gasteiger partial charge < -0.3 is 4.74 Å². The smallest absolute Gasteiger partial charge is 0.258 e. The average molecular weight is 429 g/mol. The van der Waals surface area contributed by atoms with E-state index in [9.17, 15) is 4.79 Å². The minimum Gasteiger partial charge on any atom is -0.489 e. The normalized spacial score (nSPS) is 18.1. The second-order valence-electron chi connectivity index (χ2n) is 8.12. The van der Waals surface area contributed by atoms with E-state index in [2.05, 4.69) is 52.6 Å². The van der Waals surface area contributed by atoms with Crippen LogP contribution in [0.25, 0.3) is 0 Å². The molecule has 164 valence electrons. The molecule has 0 aliphatic carbocycles. The number of rotatable bonds is 7. The Kier molecular flexibility index (Phi) is 6.94. The van der Waals surface area contributed by atoms with Crippen LogP contribution in [0.1, 0.15) is 40.3 Å². The molecule has 0 spiro atoms. The maximum Gasteiger partial charge on any atom is 0.258 e. The summed E-state index contributed by atoms with van der Waals surface area (Å²) in [6, 6.07) is 23.9. The van der Waals surface area contributed by atoms with E-state index >= 15 is 0 Å². The van der Waals surface area contributed by atoms with E-state index in [1.165, 1.54) is 11.1 Å². The van der Waals surface area contributed by atoms with Crippen LogP contribution in [0.15, 0.2) is 77.9 Å². The molecule has 1 heterocycles. The number of hydrazone groups is 1. The summed E-state index contributed by atoms with van der Waals surface area (Å²) < 4.78 is 5.88. The van der Waals surface area contributed by atoms with Gasteiger partial charge in [0.1, 0.15) is 18.4 Å². The highest BCUT2D eigenvalue weighted by molar-refractivity contribution is 5.85. The standard InChI is InChI=1S/C26H28N4O2/c1-18-3-7-20(8-4-18)16-27-30-26(31)25-15-24(28-29-25)22-11-13-23(14-12-22)32-17-21-9-5-19(2)6-10-21/h3-14,16,24-25,28-29H,15,17H2,1-2H3,(H,30,31)/b27-16+. The Morgan fingerprint density at radius 3 is 2.31 bits per heavy atom. The summed E-state index contributed by atoms with van der Waals surface area (Å²) in [6.45, 7) is 4.64. The summed E-state index contributed by atoms with van der Waals surface area (Å²) in [5, 5.41) is 4.07. The largest absolute Gasteiger partial charge is 0.489 e. The van der Waals surface area contributed by atoms with E-state index in [0.717, 1.165) is 22.4 Å².